The number of benzene rings is 2. The summed E-state index contributed by atoms with van der Waals surface area (Å²) in [6.07, 6.45) is -0.212. The quantitative estimate of drug-likeness (QED) is 0.823. The molecule has 96 valence electrons. The Kier molecular flexibility index (Phi) is 2.63. The molecule has 1 aliphatic heterocycles. The Morgan fingerprint density at radius 1 is 1.05 bits per heavy atom. The Morgan fingerprint density at radius 2 is 1.84 bits per heavy atom. The zero-order valence-electron chi connectivity index (χ0n) is 10.0. The van der Waals surface area contributed by atoms with Crippen LogP contribution in [0, 0.1) is 0 Å². The van der Waals surface area contributed by atoms with Gasteiger partial charge in [0.15, 0.2) is 5.78 Å². The summed E-state index contributed by atoms with van der Waals surface area (Å²) in [7, 11) is 0. The summed E-state index contributed by atoms with van der Waals surface area (Å²) in [5.74, 6) is 0.574. The molecule has 0 aromatic heterocycles. The first-order chi connectivity index (χ1) is 9.13. The van der Waals surface area contributed by atoms with Crippen molar-refractivity contribution in [3.05, 3.63) is 53.6 Å². The molecule has 2 aromatic carbocycles. The Balaban J connectivity index is 1.97. The van der Waals surface area contributed by atoms with E-state index >= 15 is 0 Å². The first-order valence-electron chi connectivity index (χ1n) is 5.95. The van der Waals surface area contributed by atoms with Gasteiger partial charge in [-0.05, 0) is 35.9 Å². The fraction of sp³-hybridized carbons (Fsp3) is 0.133. The second-order valence-electron chi connectivity index (χ2n) is 4.51. The fourth-order valence-corrected chi connectivity index (χ4v) is 2.22. The summed E-state index contributed by atoms with van der Waals surface area (Å²) >= 11 is 0. The van der Waals surface area contributed by atoms with Gasteiger partial charge in [-0.25, -0.2) is 0 Å². The minimum absolute atomic E-state index is 0.0477. The molecule has 19 heavy (non-hydrogen) atoms. The van der Waals surface area contributed by atoms with Crippen molar-refractivity contribution in [1.82, 2.24) is 0 Å². The molecule has 1 atom stereocenters. The lowest BCUT2D eigenvalue weighted by Gasteiger charge is -2.25. The maximum atomic E-state index is 12.1. The number of hydrogen-bond acceptors (Lipinski definition) is 4. The maximum absolute atomic E-state index is 12.1. The third-order valence-electron chi connectivity index (χ3n) is 3.15. The number of ether oxygens (including phenoxy) is 1. The zero-order chi connectivity index (χ0) is 13.4. The summed E-state index contributed by atoms with van der Waals surface area (Å²) < 4.78 is 5.76. The van der Waals surface area contributed by atoms with Crippen molar-refractivity contribution in [2.45, 2.75) is 12.5 Å². The molecule has 0 unspecified atom stereocenters. The number of hydrogen-bond donors (Lipinski definition) is 2. The number of aromatic hydroxyl groups is 2. The molecule has 0 amide bonds. The molecule has 0 spiro atoms. The molecular formula is C15H12O4. The van der Waals surface area contributed by atoms with Crippen LogP contribution in [-0.2, 0) is 0 Å². The van der Waals surface area contributed by atoms with Gasteiger partial charge in [-0.3, -0.25) is 4.79 Å². The Bertz CT molecular complexity index is 648. The highest BCUT2D eigenvalue weighted by Gasteiger charge is 2.28. The van der Waals surface area contributed by atoms with Crippen LogP contribution in [-0.4, -0.2) is 16.0 Å². The van der Waals surface area contributed by atoms with E-state index in [-0.39, 0.29) is 23.7 Å². The van der Waals surface area contributed by atoms with Gasteiger partial charge in [0, 0.05) is 0 Å². The van der Waals surface area contributed by atoms with Crippen molar-refractivity contribution in [3.63, 3.8) is 0 Å². The van der Waals surface area contributed by atoms with E-state index in [4.69, 9.17) is 4.74 Å². The third-order valence-corrected chi connectivity index (χ3v) is 3.15. The monoisotopic (exact) mass is 256 g/mol. The van der Waals surface area contributed by atoms with E-state index in [1.54, 1.807) is 24.3 Å². The van der Waals surface area contributed by atoms with Crippen molar-refractivity contribution in [2.75, 3.05) is 0 Å². The van der Waals surface area contributed by atoms with Crippen LogP contribution >= 0.6 is 0 Å². The van der Waals surface area contributed by atoms with Crippen LogP contribution in [0.3, 0.4) is 0 Å². The second kappa shape index (κ2) is 4.31. The van der Waals surface area contributed by atoms with E-state index in [0.717, 1.165) is 5.56 Å². The number of phenols is 2. The smallest absolute Gasteiger partial charge is 0.170 e. The average molecular weight is 256 g/mol. The van der Waals surface area contributed by atoms with Gasteiger partial charge >= 0.3 is 0 Å². The van der Waals surface area contributed by atoms with Crippen molar-refractivity contribution < 1.29 is 19.7 Å². The van der Waals surface area contributed by atoms with Crippen LogP contribution in [0.4, 0.5) is 0 Å². The second-order valence-corrected chi connectivity index (χ2v) is 4.51. The van der Waals surface area contributed by atoms with E-state index in [1.807, 2.05) is 6.07 Å². The van der Waals surface area contributed by atoms with Crippen molar-refractivity contribution in [1.29, 1.82) is 0 Å². The molecule has 1 heterocycles. The summed E-state index contributed by atoms with van der Waals surface area (Å²) in [6, 6.07) is 11.2. The predicted molar refractivity (Wildman–Crippen MR) is 68.5 cm³/mol. The molecule has 3 rings (SSSR count). The summed E-state index contributed by atoms with van der Waals surface area (Å²) in [4.78, 5) is 12.1. The first kappa shape index (κ1) is 11.6. The topological polar surface area (TPSA) is 66.8 Å². The lowest BCUT2D eigenvalue weighted by Crippen LogP contribution is -2.20. The number of fused-ring (bicyclic) bond motifs is 1. The molecule has 1 aliphatic rings. The van der Waals surface area contributed by atoms with Crippen LogP contribution < -0.4 is 4.74 Å². The van der Waals surface area contributed by atoms with Gasteiger partial charge in [0.25, 0.3) is 0 Å². The highest BCUT2D eigenvalue weighted by molar-refractivity contribution is 6.00. The highest BCUT2D eigenvalue weighted by Crippen LogP contribution is 2.36. The van der Waals surface area contributed by atoms with Gasteiger partial charge in [-0.15, -0.1) is 0 Å². The van der Waals surface area contributed by atoms with Crippen LogP contribution in [0.2, 0.25) is 0 Å². The lowest BCUT2D eigenvalue weighted by molar-refractivity contribution is 0.0849. The molecule has 0 fully saturated rings. The van der Waals surface area contributed by atoms with Gasteiger partial charge in [0.2, 0.25) is 0 Å². The van der Waals surface area contributed by atoms with E-state index in [2.05, 4.69) is 0 Å². The molecule has 4 nitrogen and oxygen atoms in total. The number of rotatable bonds is 1. The summed E-state index contributed by atoms with van der Waals surface area (Å²) in [5, 5.41) is 18.9. The maximum Gasteiger partial charge on any atom is 0.170 e. The van der Waals surface area contributed by atoms with Crippen molar-refractivity contribution >= 4 is 5.78 Å². The zero-order valence-corrected chi connectivity index (χ0v) is 10.0. The van der Waals surface area contributed by atoms with Crippen LogP contribution in [0.25, 0.3) is 0 Å². The van der Waals surface area contributed by atoms with Gasteiger partial charge in [-0.1, -0.05) is 12.1 Å². The molecule has 2 N–H and O–H groups in total. The van der Waals surface area contributed by atoms with Gasteiger partial charge in [-0.2, -0.15) is 0 Å². The minimum Gasteiger partial charge on any atom is -0.508 e. The van der Waals surface area contributed by atoms with Gasteiger partial charge < -0.3 is 14.9 Å². The first-order valence-corrected chi connectivity index (χ1v) is 5.95. The molecular weight excluding hydrogens is 244 g/mol. The minimum atomic E-state index is -0.406. The average Bonchev–Trinajstić information content (AvgIpc) is 2.39. The van der Waals surface area contributed by atoms with Crippen molar-refractivity contribution in [3.8, 4) is 17.2 Å². The Labute approximate surface area is 109 Å². The van der Waals surface area contributed by atoms with Crippen LogP contribution in [0.1, 0.15) is 28.4 Å². The predicted octanol–water partition coefficient (Wildman–Crippen LogP) is 2.80. The van der Waals surface area contributed by atoms with Crippen molar-refractivity contribution in [2.24, 2.45) is 0 Å². The number of carbonyl (C=O) groups excluding carboxylic acids is 1. The van der Waals surface area contributed by atoms with E-state index in [9.17, 15) is 15.0 Å². The number of carbonyl (C=O) groups is 1. The number of Topliss-reactive ketones (excluding diaryl/α,β-unsaturated/α-hetero) is 1. The third kappa shape index (κ3) is 2.12. The SMILES string of the molecule is O=C1C[C@H](c2cccc(O)c2)Oc2ccc(O)cc21. The van der Waals surface area contributed by atoms with Gasteiger partial charge in [0.1, 0.15) is 23.4 Å². The number of ketones is 1. The lowest BCUT2D eigenvalue weighted by atomic mass is 9.96. The van der Waals surface area contributed by atoms with Crippen LogP contribution in [0.15, 0.2) is 42.5 Å². The molecule has 0 bridgehead atoms. The molecule has 0 saturated heterocycles. The van der Waals surface area contributed by atoms with E-state index in [0.29, 0.717) is 11.3 Å². The van der Waals surface area contributed by atoms with E-state index < -0.39 is 6.10 Å². The fourth-order valence-electron chi connectivity index (χ4n) is 2.22. The molecule has 0 radical (unpaired) electrons. The molecule has 0 saturated carbocycles. The molecule has 2 aromatic rings. The summed E-state index contributed by atoms with van der Waals surface area (Å²) in [6.45, 7) is 0. The number of phenolic OH excluding ortho intramolecular Hbond substituents is 2. The standard InChI is InChI=1S/C15H12O4/c16-10-3-1-2-9(6-10)15-8-13(18)12-7-11(17)4-5-14(12)19-15/h1-7,15-17H,8H2/t15-/m1/s1. The molecule has 4 heteroatoms. The van der Waals surface area contributed by atoms with Gasteiger partial charge in [0.05, 0.1) is 12.0 Å². The Hall–Kier alpha value is -2.49. The summed E-state index contributed by atoms with van der Waals surface area (Å²) in [5.41, 5.74) is 1.16. The Morgan fingerprint density at radius 3 is 2.63 bits per heavy atom. The van der Waals surface area contributed by atoms with E-state index in [1.165, 1.54) is 12.1 Å². The molecule has 0 aliphatic carbocycles. The normalized spacial score (nSPS) is 17.7. The van der Waals surface area contributed by atoms with Crippen LogP contribution in [0.5, 0.6) is 17.2 Å². The largest absolute Gasteiger partial charge is 0.508 e. The highest BCUT2D eigenvalue weighted by atomic mass is 16.5.